The number of carbonyl (C=O) groups is 1. The Kier molecular flexibility index (Phi) is 4.02. The second-order valence-electron chi connectivity index (χ2n) is 4.52. The third kappa shape index (κ3) is 2.92. The number of hydrogen-bond acceptors (Lipinski definition) is 5. The van der Waals surface area contributed by atoms with Gasteiger partial charge in [0.2, 0.25) is 5.89 Å². The Labute approximate surface area is 134 Å². The van der Waals surface area contributed by atoms with Crippen LogP contribution in [0.5, 0.6) is 0 Å². The van der Waals surface area contributed by atoms with E-state index in [4.69, 9.17) is 9.25 Å². The number of nitrogens with zero attached hydrogens (tertiary/aromatic N) is 2. The predicted molar refractivity (Wildman–Crippen MR) is 85.8 cm³/mol. The van der Waals surface area contributed by atoms with Crippen LogP contribution in [0.25, 0.3) is 11.1 Å². The number of hydrogen-bond donors (Lipinski definition) is 0. The highest BCUT2D eigenvalue weighted by molar-refractivity contribution is 9.10. The number of aromatic nitrogens is 1. The quantitative estimate of drug-likeness (QED) is 0.400. The first-order valence-electron chi connectivity index (χ1n) is 6.51. The monoisotopic (exact) mass is 358 g/mol. The largest absolute Gasteiger partial charge is 0.435 e. The van der Waals surface area contributed by atoms with Crippen molar-refractivity contribution in [2.75, 3.05) is 0 Å². The number of rotatable bonds is 3. The molecular formula is C16H11BrN2O3. The Morgan fingerprint density at radius 1 is 1.18 bits per heavy atom. The molecule has 0 aliphatic carbocycles. The van der Waals surface area contributed by atoms with Crippen LogP contribution in [0.3, 0.4) is 0 Å². The number of fused-ring (bicyclic) bond motifs is 1. The average molecular weight is 359 g/mol. The molecule has 0 saturated carbocycles. The SMILES string of the molecule is C/C(=N\OC(=O)c1ccccc1Br)c1nc2ccccc2o1. The van der Waals surface area contributed by atoms with Gasteiger partial charge in [-0.1, -0.05) is 29.4 Å². The molecule has 0 amide bonds. The summed E-state index contributed by atoms with van der Waals surface area (Å²) >= 11 is 3.29. The van der Waals surface area contributed by atoms with Gasteiger partial charge in [0.1, 0.15) is 11.2 Å². The first kappa shape index (κ1) is 14.5. The van der Waals surface area contributed by atoms with Gasteiger partial charge in [0, 0.05) is 4.47 Å². The zero-order valence-corrected chi connectivity index (χ0v) is 13.2. The van der Waals surface area contributed by atoms with Crippen molar-refractivity contribution in [1.82, 2.24) is 4.98 Å². The number of oxime groups is 1. The fourth-order valence-corrected chi connectivity index (χ4v) is 2.30. The maximum atomic E-state index is 12.0. The summed E-state index contributed by atoms with van der Waals surface area (Å²) in [5, 5.41) is 3.80. The summed E-state index contributed by atoms with van der Waals surface area (Å²) in [5.74, 6) is -0.232. The third-order valence-corrected chi connectivity index (χ3v) is 3.65. The van der Waals surface area contributed by atoms with Gasteiger partial charge in [-0.3, -0.25) is 0 Å². The molecule has 2 aromatic carbocycles. The molecule has 3 aromatic rings. The Balaban J connectivity index is 1.80. The van der Waals surface area contributed by atoms with Crippen LogP contribution < -0.4 is 0 Å². The molecule has 6 heteroatoms. The molecule has 0 aliphatic heterocycles. The molecular weight excluding hydrogens is 348 g/mol. The molecule has 1 heterocycles. The zero-order valence-electron chi connectivity index (χ0n) is 11.6. The summed E-state index contributed by atoms with van der Waals surface area (Å²) in [6, 6.07) is 14.3. The maximum Gasteiger partial charge on any atom is 0.366 e. The van der Waals surface area contributed by atoms with Gasteiger partial charge in [-0.15, -0.1) is 0 Å². The van der Waals surface area contributed by atoms with E-state index in [0.29, 0.717) is 27.2 Å². The van der Waals surface area contributed by atoms with Gasteiger partial charge in [-0.05, 0) is 47.1 Å². The molecule has 3 rings (SSSR count). The molecule has 0 radical (unpaired) electrons. The second-order valence-corrected chi connectivity index (χ2v) is 5.38. The molecule has 1 aromatic heterocycles. The summed E-state index contributed by atoms with van der Waals surface area (Å²) in [7, 11) is 0. The van der Waals surface area contributed by atoms with Crippen molar-refractivity contribution in [2.24, 2.45) is 5.16 Å². The molecule has 0 unspecified atom stereocenters. The van der Waals surface area contributed by atoms with E-state index in [-0.39, 0.29) is 0 Å². The van der Waals surface area contributed by atoms with Crippen LogP contribution >= 0.6 is 15.9 Å². The lowest BCUT2D eigenvalue weighted by atomic mass is 10.2. The van der Waals surface area contributed by atoms with Crippen molar-refractivity contribution >= 4 is 38.7 Å². The van der Waals surface area contributed by atoms with Crippen molar-refractivity contribution < 1.29 is 14.0 Å². The molecule has 5 nitrogen and oxygen atoms in total. The zero-order chi connectivity index (χ0) is 15.5. The molecule has 0 saturated heterocycles. The average Bonchev–Trinajstić information content (AvgIpc) is 2.97. The number of oxazole rings is 1. The molecule has 0 bridgehead atoms. The second kappa shape index (κ2) is 6.11. The minimum absolute atomic E-state index is 0.320. The van der Waals surface area contributed by atoms with Gasteiger partial charge in [0.05, 0.1) is 5.56 Å². The van der Waals surface area contributed by atoms with Crippen LogP contribution in [0.2, 0.25) is 0 Å². The Morgan fingerprint density at radius 2 is 1.91 bits per heavy atom. The highest BCUT2D eigenvalue weighted by Gasteiger charge is 2.13. The van der Waals surface area contributed by atoms with Crippen molar-refractivity contribution in [3.63, 3.8) is 0 Å². The smallest absolute Gasteiger partial charge is 0.366 e. The van der Waals surface area contributed by atoms with Crippen molar-refractivity contribution in [1.29, 1.82) is 0 Å². The van der Waals surface area contributed by atoms with Crippen molar-refractivity contribution in [3.05, 3.63) is 64.5 Å². The molecule has 0 spiro atoms. The summed E-state index contributed by atoms with van der Waals surface area (Å²) in [6.45, 7) is 1.66. The maximum absolute atomic E-state index is 12.0. The standard InChI is InChI=1S/C16H11BrN2O3/c1-10(15-18-13-8-4-5-9-14(13)21-15)19-22-16(20)11-6-2-3-7-12(11)17/h2-9H,1H3/b19-10+. The van der Waals surface area contributed by atoms with Crippen LogP contribution in [0.4, 0.5) is 0 Å². The fraction of sp³-hybridized carbons (Fsp3) is 0.0625. The Morgan fingerprint density at radius 3 is 2.68 bits per heavy atom. The van der Waals surface area contributed by atoms with Crippen molar-refractivity contribution in [2.45, 2.75) is 6.92 Å². The van der Waals surface area contributed by atoms with Gasteiger partial charge in [0.25, 0.3) is 0 Å². The molecule has 0 fully saturated rings. The Bertz CT molecular complexity index is 837. The van der Waals surface area contributed by atoms with Gasteiger partial charge < -0.3 is 9.25 Å². The topological polar surface area (TPSA) is 64.7 Å². The van der Waals surface area contributed by atoms with Crippen molar-refractivity contribution in [3.8, 4) is 0 Å². The summed E-state index contributed by atoms with van der Waals surface area (Å²) in [4.78, 5) is 21.2. The third-order valence-electron chi connectivity index (χ3n) is 2.96. The molecule has 0 atom stereocenters. The normalized spacial score (nSPS) is 11.6. The summed E-state index contributed by atoms with van der Waals surface area (Å²) in [6.07, 6.45) is 0. The summed E-state index contributed by atoms with van der Waals surface area (Å²) in [5.41, 5.74) is 2.17. The highest BCUT2D eigenvalue weighted by Crippen LogP contribution is 2.18. The van der Waals surface area contributed by atoms with E-state index in [0.717, 1.165) is 5.52 Å². The van der Waals surface area contributed by atoms with E-state index < -0.39 is 5.97 Å². The first-order valence-corrected chi connectivity index (χ1v) is 7.31. The van der Waals surface area contributed by atoms with Crippen LogP contribution in [0, 0.1) is 0 Å². The molecule has 0 N–H and O–H groups in total. The predicted octanol–water partition coefficient (Wildman–Crippen LogP) is 4.17. The number of para-hydroxylation sites is 2. The summed E-state index contributed by atoms with van der Waals surface area (Å²) < 4.78 is 6.20. The van der Waals surface area contributed by atoms with E-state index in [9.17, 15) is 4.79 Å². The number of benzene rings is 2. The number of halogens is 1. The molecule has 22 heavy (non-hydrogen) atoms. The minimum Gasteiger partial charge on any atom is -0.435 e. The van der Waals surface area contributed by atoms with E-state index in [2.05, 4.69) is 26.1 Å². The van der Waals surface area contributed by atoms with Gasteiger partial charge in [-0.2, -0.15) is 0 Å². The fourth-order valence-electron chi connectivity index (χ4n) is 1.85. The lowest BCUT2D eigenvalue weighted by Crippen LogP contribution is -2.04. The molecule has 0 aliphatic rings. The minimum atomic E-state index is -0.553. The first-order chi connectivity index (χ1) is 10.6. The van der Waals surface area contributed by atoms with E-state index in [1.807, 2.05) is 30.3 Å². The Hall–Kier alpha value is -2.47. The van der Waals surface area contributed by atoms with E-state index in [1.54, 1.807) is 25.1 Å². The van der Waals surface area contributed by atoms with Crippen LogP contribution in [-0.4, -0.2) is 16.7 Å². The highest BCUT2D eigenvalue weighted by atomic mass is 79.9. The van der Waals surface area contributed by atoms with Crippen LogP contribution in [0.1, 0.15) is 23.2 Å². The lowest BCUT2D eigenvalue weighted by molar-refractivity contribution is 0.0515. The van der Waals surface area contributed by atoms with E-state index >= 15 is 0 Å². The van der Waals surface area contributed by atoms with Gasteiger partial charge >= 0.3 is 5.97 Å². The lowest BCUT2D eigenvalue weighted by Gasteiger charge is -2.00. The van der Waals surface area contributed by atoms with Crippen LogP contribution in [-0.2, 0) is 4.84 Å². The number of carbonyl (C=O) groups excluding carboxylic acids is 1. The van der Waals surface area contributed by atoms with E-state index in [1.165, 1.54) is 0 Å². The van der Waals surface area contributed by atoms with Gasteiger partial charge in [0.15, 0.2) is 5.58 Å². The van der Waals surface area contributed by atoms with Crippen LogP contribution in [0.15, 0.2) is 62.6 Å². The van der Waals surface area contributed by atoms with Gasteiger partial charge in [-0.25, -0.2) is 9.78 Å². The molecule has 110 valence electrons.